The standard InChI is InChI=1S/C18H21N5.C8H12N2.Pt/c1-6-12-11(2)17(23-20-12)14-9-7-8-13(19-14)15-10-16(22-21-15)18(3,4)5;1-8(2,3)7-4-5-9-6-10-7;/h7-10H,6H2,1-5H3;4-6H,1-3H3;/q-2;;+2. The molecule has 0 saturated carbocycles. The van der Waals surface area contributed by atoms with E-state index in [0.717, 1.165) is 51.8 Å². The molecule has 4 aromatic rings. The molecule has 0 aliphatic rings. The van der Waals surface area contributed by atoms with E-state index in [2.05, 4.69) is 78.8 Å². The summed E-state index contributed by atoms with van der Waals surface area (Å²) in [6.45, 7) is 16.9. The minimum atomic E-state index is -0.0212. The van der Waals surface area contributed by atoms with Gasteiger partial charge in [0.25, 0.3) is 0 Å². The molecular weight excluding hydrogens is 605 g/mol. The summed E-state index contributed by atoms with van der Waals surface area (Å²) < 4.78 is 0. The third kappa shape index (κ3) is 6.69. The van der Waals surface area contributed by atoms with E-state index in [1.165, 1.54) is 0 Å². The van der Waals surface area contributed by atoms with Crippen LogP contribution in [0.15, 0.2) is 42.9 Å². The second-order valence-electron chi connectivity index (χ2n) is 10.1. The van der Waals surface area contributed by atoms with Crippen molar-refractivity contribution in [3.63, 3.8) is 0 Å². The molecule has 182 valence electrons. The van der Waals surface area contributed by atoms with E-state index in [0.29, 0.717) is 0 Å². The molecule has 0 radical (unpaired) electrons. The van der Waals surface area contributed by atoms with Crippen LogP contribution in [-0.4, -0.2) is 25.1 Å². The van der Waals surface area contributed by atoms with Gasteiger partial charge in [-0.05, 0) is 37.1 Å². The van der Waals surface area contributed by atoms with E-state index in [1.54, 1.807) is 12.5 Å². The van der Waals surface area contributed by atoms with Crippen LogP contribution in [0.2, 0.25) is 0 Å². The summed E-state index contributed by atoms with van der Waals surface area (Å²) in [6, 6.07) is 9.84. The van der Waals surface area contributed by atoms with Gasteiger partial charge in [0.1, 0.15) is 6.33 Å². The monoisotopic (exact) mass is 638 g/mol. The van der Waals surface area contributed by atoms with Gasteiger partial charge in [-0.3, -0.25) is 4.98 Å². The Morgan fingerprint density at radius 2 is 1.53 bits per heavy atom. The van der Waals surface area contributed by atoms with Crippen molar-refractivity contribution >= 4 is 0 Å². The minimum Gasteiger partial charge on any atom is -0.573 e. The molecule has 0 saturated heterocycles. The smallest absolute Gasteiger partial charge is 0.573 e. The summed E-state index contributed by atoms with van der Waals surface area (Å²) in [5.74, 6) is 0. The molecule has 0 bridgehead atoms. The molecule has 0 fully saturated rings. The van der Waals surface area contributed by atoms with Crippen molar-refractivity contribution in [2.45, 2.75) is 72.6 Å². The summed E-state index contributed by atoms with van der Waals surface area (Å²) in [4.78, 5) is 12.7. The Morgan fingerprint density at radius 1 is 0.853 bits per heavy atom. The third-order valence-corrected chi connectivity index (χ3v) is 5.31. The average molecular weight is 639 g/mol. The molecule has 0 amide bonds. The Bertz CT molecular complexity index is 1180. The molecule has 34 heavy (non-hydrogen) atoms. The Kier molecular flexibility index (Phi) is 9.07. The van der Waals surface area contributed by atoms with E-state index < -0.39 is 0 Å². The quantitative estimate of drug-likeness (QED) is 0.310. The number of hydrogen-bond acceptors (Lipinski definition) is 5. The van der Waals surface area contributed by atoms with Crippen molar-refractivity contribution in [1.82, 2.24) is 35.3 Å². The minimum absolute atomic E-state index is 0. The molecule has 0 aliphatic heterocycles. The van der Waals surface area contributed by atoms with Gasteiger partial charge in [0, 0.05) is 34.1 Å². The van der Waals surface area contributed by atoms with Gasteiger partial charge < -0.3 is 20.4 Å². The maximum absolute atomic E-state index is 4.71. The number of pyridine rings is 1. The first kappa shape index (κ1) is 27.6. The van der Waals surface area contributed by atoms with Crippen molar-refractivity contribution in [3.8, 4) is 22.8 Å². The zero-order chi connectivity index (χ0) is 24.2. The molecule has 4 heterocycles. The number of nitrogens with zero attached hydrogens (tertiary/aromatic N) is 7. The van der Waals surface area contributed by atoms with Crippen molar-refractivity contribution in [2.75, 3.05) is 0 Å². The second-order valence-corrected chi connectivity index (χ2v) is 10.1. The van der Waals surface area contributed by atoms with Gasteiger partial charge in [0.05, 0.1) is 11.4 Å². The van der Waals surface area contributed by atoms with Crippen LogP contribution in [0.5, 0.6) is 0 Å². The van der Waals surface area contributed by atoms with Gasteiger partial charge in [-0.15, -0.1) is 0 Å². The summed E-state index contributed by atoms with van der Waals surface area (Å²) in [5.41, 5.74) is 7.58. The fraction of sp³-hybridized carbons (Fsp3) is 0.423. The number of rotatable bonds is 3. The second kappa shape index (κ2) is 11.2. The summed E-state index contributed by atoms with van der Waals surface area (Å²) >= 11 is 0. The van der Waals surface area contributed by atoms with Crippen LogP contribution in [0.3, 0.4) is 0 Å². The predicted molar refractivity (Wildman–Crippen MR) is 131 cm³/mol. The third-order valence-electron chi connectivity index (χ3n) is 5.31. The van der Waals surface area contributed by atoms with Crippen molar-refractivity contribution in [2.24, 2.45) is 0 Å². The largest absolute Gasteiger partial charge is 2.00 e. The molecule has 0 aliphatic carbocycles. The first-order valence-corrected chi connectivity index (χ1v) is 11.2. The van der Waals surface area contributed by atoms with Crippen LogP contribution in [-0.2, 0) is 38.3 Å². The van der Waals surface area contributed by atoms with Gasteiger partial charge in [-0.1, -0.05) is 72.0 Å². The molecule has 0 unspecified atom stereocenters. The summed E-state index contributed by atoms with van der Waals surface area (Å²) in [6.07, 6.45) is 4.23. The van der Waals surface area contributed by atoms with Crippen LogP contribution in [0, 0.1) is 6.92 Å². The Labute approximate surface area is 216 Å². The zero-order valence-corrected chi connectivity index (χ0v) is 23.5. The average Bonchev–Trinajstić information content (AvgIpc) is 3.41. The SMILES string of the molecule is CC(C)(C)c1ccncn1.CCc1n[n-]c(-c2cccc(-c3cc(C(C)(C)C)n[n-]3)n2)c1C.[Pt+2]. The molecular formula is C26H33N7Pt. The Hall–Kier alpha value is -2.66. The predicted octanol–water partition coefficient (Wildman–Crippen LogP) is 5.06. The van der Waals surface area contributed by atoms with Gasteiger partial charge in [0.15, 0.2) is 0 Å². The maximum Gasteiger partial charge on any atom is 2.00 e. The van der Waals surface area contributed by atoms with E-state index in [-0.39, 0.29) is 31.9 Å². The molecule has 0 spiro atoms. The van der Waals surface area contributed by atoms with Gasteiger partial charge in [0.2, 0.25) is 0 Å². The fourth-order valence-corrected chi connectivity index (χ4v) is 3.21. The number of aromatic nitrogens is 7. The summed E-state index contributed by atoms with van der Waals surface area (Å²) in [7, 11) is 0. The van der Waals surface area contributed by atoms with Crippen LogP contribution < -0.4 is 10.2 Å². The van der Waals surface area contributed by atoms with Crippen LogP contribution >= 0.6 is 0 Å². The van der Waals surface area contributed by atoms with E-state index in [9.17, 15) is 0 Å². The van der Waals surface area contributed by atoms with Gasteiger partial charge in [-0.2, -0.15) is 0 Å². The fourth-order valence-electron chi connectivity index (χ4n) is 3.21. The van der Waals surface area contributed by atoms with Gasteiger partial charge in [-0.25, -0.2) is 9.97 Å². The Morgan fingerprint density at radius 3 is 2.03 bits per heavy atom. The van der Waals surface area contributed by atoms with Crippen LogP contribution in [0.25, 0.3) is 22.8 Å². The first-order valence-electron chi connectivity index (χ1n) is 11.2. The van der Waals surface area contributed by atoms with Crippen molar-refractivity contribution in [1.29, 1.82) is 0 Å². The first-order chi connectivity index (χ1) is 15.5. The van der Waals surface area contributed by atoms with E-state index in [4.69, 9.17) is 4.98 Å². The van der Waals surface area contributed by atoms with Crippen molar-refractivity contribution in [3.05, 3.63) is 65.5 Å². The van der Waals surface area contributed by atoms with Crippen molar-refractivity contribution < 1.29 is 21.1 Å². The summed E-state index contributed by atoms with van der Waals surface area (Å²) in [5, 5.41) is 17.1. The molecule has 4 rings (SSSR count). The molecule has 0 atom stereocenters. The molecule has 4 aromatic heterocycles. The topological polar surface area (TPSA) is 92.6 Å². The molecule has 7 nitrogen and oxygen atoms in total. The maximum atomic E-state index is 4.71. The normalized spacial score (nSPS) is 11.4. The van der Waals surface area contributed by atoms with Gasteiger partial charge >= 0.3 is 21.1 Å². The Balaban J connectivity index is 0.000000314. The zero-order valence-electron chi connectivity index (χ0n) is 21.2. The molecule has 0 aromatic carbocycles. The number of aryl methyl sites for hydroxylation is 1. The van der Waals surface area contributed by atoms with E-state index >= 15 is 0 Å². The van der Waals surface area contributed by atoms with Crippen LogP contribution in [0.4, 0.5) is 0 Å². The van der Waals surface area contributed by atoms with E-state index in [1.807, 2.05) is 37.3 Å². The molecule has 8 heteroatoms. The molecule has 0 N–H and O–H groups in total. The number of hydrogen-bond donors (Lipinski definition) is 0. The van der Waals surface area contributed by atoms with Crippen LogP contribution in [0.1, 0.15) is 71.1 Å².